The maximum absolute atomic E-state index is 12.4. The second kappa shape index (κ2) is 6.81. The number of thioether (sulfide) groups is 1. The van der Waals surface area contributed by atoms with Crippen LogP contribution in [0.25, 0.3) is 6.08 Å². The van der Waals surface area contributed by atoms with Crippen LogP contribution in [0.3, 0.4) is 0 Å². The van der Waals surface area contributed by atoms with Gasteiger partial charge in [-0.15, -0.1) is 0 Å². The number of aromatic nitrogens is 1. The van der Waals surface area contributed by atoms with Crippen LogP contribution in [0.5, 0.6) is 0 Å². The minimum atomic E-state index is 0.0463. The molecule has 1 aliphatic heterocycles. The maximum atomic E-state index is 12.4. The van der Waals surface area contributed by atoms with Gasteiger partial charge in [-0.3, -0.25) is 9.69 Å². The van der Waals surface area contributed by atoms with Crippen molar-refractivity contribution in [3.05, 3.63) is 27.9 Å². The van der Waals surface area contributed by atoms with Crippen LogP contribution in [0, 0.1) is 13.8 Å². The molecule has 1 aromatic heterocycles. The minimum absolute atomic E-state index is 0.0463. The molecule has 0 bridgehead atoms. The first kappa shape index (κ1) is 16.8. The van der Waals surface area contributed by atoms with Gasteiger partial charge in [-0.05, 0) is 51.3 Å². The Kier molecular flexibility index (Phi) is 4.97. The van der Waals surface area contributed by atoms with Gasteiger partial charge >= 0.3 is 0 Å². The highest BCUT2D eigenvalue weighted by Gasteiger charge is 2.31. The van der Waals surface area contributed by atoms with E-state index in [1.54, 1.807) is 4.90 Å². The lowest BCUT2D eigenvalue weighted by atomic mass is 9.95. The third-order valence-corrected chi connectivity index (χ3v) is 6.32. The molecule has 1 aliphatic carbocycles. The highest BCUT2D eigenvalue weighted by atomic mass is 32.2. The first-order chi connectivity index (χ1) is 11.0. The number of likely N-dealkylation sites (N-methyl/N-ethyl adjacent to an activating group) is 1. The molecule has 2 aliphatic rings. The van der Waals surface area contributed by atoms with E-state index in [4.69, 9.17) is 12.2 Å². The van der Waals surface area contributed by atoms with Crippen LogP contribution in [-0.2, 0) is 4.79 Å². The first-order valence-electron chi connectivity index (χ1n) is 8.46. The Hall–Kier alpha value is -1.07. The average molecular weight is 349 g/mol. The molecule has 1 saturated carbocycles. The largest absolute Gasteiger partial charge is 0.346 e. The molecule has 0 atom stereocenters. The van der Waals surface area contributed by atoms with Crippen molar-refractivity contribution in [2.24, 2.45) is 0 Å². The molecule has 0 spiro atoms. The van der Waals surface area contributed by atoms with Crippen molar-refractivity contribution in [2.45, 2.75) is 58.9 Å². The molecule has 2 heterocycles. The van der Waals surface area contributed by atoms with Crippen LogP contribution in [0.2, 0.25) is 0 Å². The van der Waals surface area contributed by atoms with E-state index >= 15 is 0 Å². The van der Waals surface area contributed by atoms with Gasteiger partial charge in [0.25, 0.3) is 5.91 Å². The summed E-state index contributed by atoms with van der Waals surface area (Å²) in [6, 6.07) is 2.83. The number of thiocarbonyl (C=S) groups is 1. The molecule has 0 radical (unpaired) electrons. The Morgan fingerprint density at radius 3 is 2.61 bits per heavy atom. The van der Waals surface area contributed by atoms with Crippen molar-refractivity contribution < 1.29 is 4.79 Å². The third kappa shape index (κ3) is 3.13. The molecule has 3 rings (SSSR count). The van der Waals surface area contributed by atoms with Crippen LogP contribution in [0.4, 0.5) is 0 Å². The minimum Gasteiger partial charge on any atom is -0.346 e. The van der Waals surface area contributed by atoms with E-state index in [0.29, 0.717) is 16.9 Å². The van der Waals surface area contributed by atoms with Crippen molar-refractivity contribution in [3.8, 4) is 0 Å². The van der Waals surface area contributed by atoms with Crippen LogP contribution < -0.4 is 0 Å². The number of carbonyl (C=O) groups is 1. The summed E-state index contributed by atoms with van der Waals surface area (Å²) in [5, 5.41) is 0. The molecule has 124 valence electrons. The number of hydrogen-bond donors (Lipinski definition) is 0. The van der Waals surface area contributed by atoms with Gasteiger partial charge in [-0.25, -0.2) is 0 Å². The first-order valence-corrected chi connectivity index (χ1v) is 9.69. The van der Waals surface area contributed by atoms with Crippen molar-refractivity contribution >= 4 is 40.3 Å². The molecule has 0 unspecified atom stereocenters. The summed E-state index contributed by atoms with van der Waals surface area (Å²) in [7, 11) is 0. The van der Waals surface area contributed by atoms with E-state index in [-0.39, 0.29) is 5.91 Å². The predicted octanol–water partition coefficient (Wildman–Crippen LogP) is 4.83. The molecule has 1 saturated heterocycles. The zero-order valence-corrected chi connectivity index (χ0v) is 15.7. The quantitative estimate of drug-likeness (QED) is 0.578. The van der Waals surface area contributed by atoms with Crippen molar-refractivity contribution in [1.82, 2.24) is 9.47 Å². The molecular formula is C18H24N2OS2. The van der Waals surface area contributed by atoms with Gasteiger partial charge in [-0.2, -0.15) is 0 Å². The normalized spacial score (nSPS) is 21.7. The summed E-state index contributed by atoms with van der Waals surface area (Å²) in [4.78, 5) is 14.8. The van der Waals surface area contributed by atoms with Crippen LogP contribution in [-0.4, -0.2) is 26.2 Å². The summed E-state index contributed by atoms with van der Waals surface area (Å²) < 4.78 is 3.15. The fourth-order valence-electron chi connectivity index (χ4n) is 3.76. The number of amides is 1. The lowest BCUT2D eigenvalue weighted by Gasteiger charge is -2.26. The van der Waals surface area contributed by atoms with Crippen LogP contribution in [0.1, 0.15) is 62.0 Å². The van der Waals surface area contributed by atoms with Crippen molar-refractivity contribution in [3.63, 3.8) is 0 Å². The van der Waals surface area contributed by atoms with E-state index in [1.807, 2.05) is 13.0 Å². The number of carbonyl (C=O) groups excluding carboxylic acids is 1. The summed E-state index contributed by atoms with van der Waals surface area (Å²) in [6.45, 7) is 6.95. The van der Waals surface area contributed by atoms with E-state index in [2.05, 4.69) is 24.5 Å². The van der Waals surface area contributed by atoms with E-state index in [1.165, 1.54) is 55.3 Å². The molecule has 1 aromatic rings. The van der Waals surface area contributed by atoms with E-state index in [9.17, 15) is 4.79 Å². The number of rotatable bonds is 3. The molecule has 2 fully saturated rings. The fourth-order valence-corrected chi connectivity index (χ4v) is 5.14. The van der Waals surface area contributed by atoms with E-state index < -0.39 is 0 Å². The van der Waals surface area contributed by atoms with Crippen molar-refractivity contribution in [2.75, 3.05) is 6.54 Å². The molecule has 0 aromatic carbocycles. The standard InChI is InChI=1S/C18H24N2OS2/c1-4-19-17(21)16(23-18(19)22)11-14-10-12(2)20(13(14)3)15-8-6-5-7-9-15/h10-11,15H,4-9H2,1-3H3/b16-11+. The summed E-state index contributed by atoms with van der Waals surface area (Å²) in [6.07, 6.45) is 8.58. The molecular weight excluding hydrogens is 324 g/mol. The number of nitrogens with zero attached hydrogens (tertiary/aromatic N) is 2. The molecule has 5 heteroatoms. The number of hydrogen-bond acceptors (Lipinski definition) is 3. The smallest absolute Gasteiger partial charge is 0.266 e. The summed E-state index contributed by atoms with van der Waals surface area (Å²) >= 11 is 6.72. The molecule has 1 amide bonds. The summed E-state index contributed by atoms with van der Waals surface area (Å²) in [5.74, 6) is 0.0463. The topological polar surface area (TPSA) is 25.2 Å². The van der Waals surface area contributed by atoms with Gasteiger partial charge in [0.15, 0.2) is 0 Å². The predicted molar refractivity (Wildman–Crippen MR) is 102 cm³/mol. The van der Waals surface area contributed by atoms with Crippen molar-refractivity contribution in [1.29, 1.82) is 0 Å². The maximum Gasteiger partial charge on any atom is 0.266 e. The second-order valence-corrected chi connectivity index (χ2v) is 8.09. The Labute approximate surface area is 148 Å². The molecule has 3 nitrogen and oxygen atoms in total. The number of aryl methyl sites for hydroxylation is 1. The van der Waals surface area contributed by atoms with Gasteiger partial charge in [0.1, 0.15) is 4.32 Å². The SMILES string of the molecule is CCN1C(=O)/C(=C\c2cc(C)n(C3CCCCC3)c2C)SC1=S. The monoisotopic (exact) mass is 348 g/mol. The zero-order chi connectivity index (χ0) is 16.6. The van der Waals surface area contributed by atoms with Gasteiger partial charge in [0, 0.05) is 24.0 Å². The second-order valence-electron chi connectivity index (χ2n) is 6.41. The highest BCUT2D eigenvalue weighted by Crippen LogP contribution is 2.36. The highest BCUT2D eigenvalue weighted by molar-refractivity contribution is 8.26. The lowest BCUT2D eigenvalue weighted by Crippen LogP contribution is -2.27. The van der Waals surface area contributed by atoms with Gasteiger partial charge < -0.3 is 4.57 Å². The average Bonchev–Trinajstić information content (AvgIpc) is 2.96. The molecule has 0 N–H and O–H groups in total. The Morgan fingerprint density at radius 1 is 1.30 bits per heavy atom. The third-order valence-electron chi connectivity index (χ3n) is 4.94. The van der Waals surface area contributed by atoms with E-state index in [0.717, 1.165) is 10.5 Å². The van der Waals surface area contributed by atoms with Crippen LogP contribution in [0.15, 0.2) is 11.0 Å². The summed E-state index contributed by atoms with van der Waals surface area (Å²) in [5.41, 5.74) is 3.73. The Bertz CT molecular complexity index is 669. The Balaban J connectivity index is 1.91. The molecule has 23 heavy (non-hydrogen) atoms. The Morgan fingerprint density at radius 2 is 2.00 bits per heavy atom. The zero-order valence-electron chi connectivity index (χ0n) is 14.1. The van der Waals surface area contributed by atoms with Crippen LogP contribution >= 0.6 is 24.0 Å². The lowest BCUT2D eigenvalue weighted by molar-refractivity contribution is -0.121. The van der Waals surface area contributed by atoms with Gasteiger partial charge in [-0.1, -0.05) is 43.2 Å². The van der Waals surface area contributed by atoms with Gasteiger partial charge in [0.05, 0.1) is 4.91 Å². The fraction of sp³-hybridized carbons (Fsp3) is 0.556. The van der Waals surface area contributed by atoms with Gasteiger partial charge in [0.2, 0.25) is 0 Å².